The Morgan fingerprint density at radius 1 is 1.44 bits per heavy atom. The molecule has 0 aromatic heterocycles. The first kappa shape index (κ1) is 13.0. The summed E-state index contributed by atoms with van der Waals surface area (Å²) in [6.45, 7) is 4.20. The number of carbonyl (C=O) groups is 1. The summed E-state index contributed by atoms with van der Waals surface area (Å²) in [5, 5.41) is 9.32. The molecule has 0 amide bonds. The number of carboxylic acid groups (broad SMARTS) is 1. The highest BCUT2D eigenvalue weighted by Gasteiger charge is 2.06. The molecule has 0 atom stereocenters. The minimum atomic E-state index is -0.745. The predicted octanol–water partition coefficient (Wildman–Crippen LogP) is 3.87. The molecule has 0 aliphatic rings. The Balaban J connectivity index is 2.63. The summed E-state index contributed by atoms with van der Waals surface area (Å²) in [5.74, 6) is -0.328. The molecule has 0 saturated heterocycles. The second-order valence-corrected chi connectivity index (χ2v) is 4.67. The van der Waals surface area contributed by atoms with E-state index in [1.807, 2.05) is 18.2 Å². The number of aliphatic carboxylic acids is 1. The van der Waals surface area contributed by atoms with Crippen LogP contribution in [0.4, 0.5) is 0 Å². The average molecular weight is 241 g/mol. The molecule has 3 heteroatoms. The third-order valence-corrected chi connectivity index (χ3v) is 2.87. The van der Waals surface area contributed by atoms with E-state index >= 15 is 0 Å². The number of hydrogen-bond acceptors (Lipinski definition) is 1. The Morgan fingerprint density at radius 2 is 2.12 bits per heavy atom. The van der Waals surface area contributed by atoms with E-state index < -0.39 is 5.97 Å². The number of benzene rings is 1. The van der Waals surface area contributed by atoms with Crippen LogP contribution < -0.4 is 0 Å². The molecule has 0 heterocycles. The van der Waals surface area contributed by atoms with Crippen molar-refractivity contribution in [2.75, 3.05) is 0 Å². The van der Waals surface area contributed by atoms with Crippen LogP contribution in [0.1, 0.15) is 43.7 Å². The van der Waals surface area contributed by atoms with Gasteiger partial charge >= 0.3 is 5.97 Å². The zero-order valence-corrected chi connectivity index (χ0v) is 10.4. The molecule has 0 fully saturated rings. The van der Waals surface area contributed by atoms with Gasteiger partial charge in [-0.2, -0.15) is 0 Å². The maximum atomic E-state index is 10.4. The molecule has 1 aromatic carbocycles. The molecule has 16 heavy (non-hydrogen) atoms. The number of hydrogen-bond donors (Lipinski definition) is 1. The lowest BCUT2D eigenvalue weighted by atomic mass is 10.00. The molecule has 0 bridgehead atoms. The smallest absolute Gasteiger partial charge is 0.303 e. The minimum absolute atomic E-state index is 0.212. The monoisotopic (exact) mass is 240 g/mol. The minimum Gasteiger partial charge on any atom is -0.481 e. The Labute approximate surface area is 101 Å². The van der Waals surface area contributed by atoms with Gasteiger partial charge in [-0.3, -0.25) is 4.79 Å². The summed E-state index contributed by atoms with van der Waals surface area (Å²) in [4.78, 5) is 10.4. The van der Waals surface area contributed by atoms with Crippen molar-refractivity contribution < 1.29 is 9.90 Å². The third kappa shape index (κ3) is 3.86. The fourth-order valence-corrected chi connectivity index (χ4v) is 2.06. The number of carboxylic acids is 1. The van der Waals surface area contributed by atoms with Crippen LogP contribution in [0.25, 0.3) is 0 Å². The topological polar surface area (TPSA) is 37.3 Å². The quantitative estimate of drug-likeness (QED) is 0.848. The number of rotatable bonds is 5. The highest BCUT2D eigenvalue weighted by atomic mass is 35.5. The Kier molecular flexibility index (Phi) is 4.81. The lowest BCUT2D eigenvalue weighted by molar-refractivity contribution is -0.137. The zero-order valence-electron chi connectivity index (χ0n) is 9.66. The lowest BCUT2D eigenvalue weighted by Crippen LogP contribution is -1.96. The van der Waals surface area contributed by atoms with Crippen molar-refractivity contribution in [2.24, 2.45) is 0 Å². The van der Waals surface area contributed by atoms with Crippen LogP contribution in [0.3, 0.4) is 0 Å². The molecular formula is C13H17ClO2. The molecule has 1 aromatic rings. The van der Waals surface area contributed by atoms with Crippen LogP contribution in [-0.2, 0) is 11.2 Å². The van der Waals surface area contributed by atoms with Gasteiger partial charge in [-0.1, -0.05) is 37.6 Å². The van der Waals surface area contributed by atoms with Crippen molar-refractivity contribution in [3.8, 4) is 0 Å². The second-order valence-electron chi connectivity index (χ2n) is 4.26. The normalized spacial score (nSPS) is 10.8. The van der Waals surface area contributed by atoms with E-state index in [1.54, 1.807) is 0 Å². The van der Waals surface area contributed by atoms with Crippen LogP contribution in [0, 0.1) is 0 Å². The molecule has 0 aliphatic carbocycles. The van der Waals surface area contributed by atoms with Gasteiger partial charge in [0.1, 0.15) is 0 Å². The van der Waals surface area contributed by atoms with Crippen molar-refractivity contribution in [1.82, 2.24) is 0 Å². The van der Waals surface area contributed by atoms with E-state index in [2.05, 4.69) is 13.8 Å². The highest BCUT2D eigenvalue weighted by molar-refractivity contribution is 6.31. The van der Waals surface area contributed by atoms with Gasteiger partial charge < -0.3 is 5.11 Å². The Morgan fingerprint density at radius 3 is 2.62 bits per heavy atom. The van der Waals surface area contributed by atoms with Crippen LogP contribution in [-0.4, -0.2) is 11.1 Å². The predicted molar refractivity (Wildman–Crippen MR) is 66.1 cm³/mol. The first-order valence-corrected chi connectivity index (χ1v) is 5.88. The fourth-order valence-electron chi connectivity index (χ4n) is 1.64. The summed E-state index contributed by atoms with van der Waals surface area (Å²) in [7, 11) is 0. The fraction of sp³-hybridized carbons (Fsp3) is 0.462. The molecule has 0 radical (unpaired) electrons. The van der Waals surface area contributed by atoms with Crippen LogP contribution in [0.15, 0.2) is 18.2 Å². The van der Waals surface area contributed by atoms with E-state index in [-0.39, 0.29) is 6.42 Å². The summed E-state index contributed by atoms with van der Waals surface area (Å²) in [6, 6.07) is 6.00. The zero-order chi connectivity index (χ0) is 12.1. The highest BCUT2D eigenvalue weighted by Crippen LogP contribution is 2.25. The first-order chi connectivity index (χ1) is 7.50. The maximum absolute atomic E-state index is 10.4. The summed E-state index contributed by atoms with van der Waals surface area (Å²) in [6.07, 6.45) is 1.64. The molecule has 0 unspecified atom stereocenters. The average Bonchev–Trinajstić information content (AvgIpc) is 2.16. The van der Waals surface area contributed by atoms with Gasteiger partial charge in [-0.05, 0) is 36.0 Å². The van der Waals surface area contributed by atoms with Crippen LogP contribution >= 0.6 is 11.6 Å². The Hall–Kier alpha value is -1.02. The molecule has 1 rings (SSSR count). The van der Waals surface area contributed by atoms with E-state index in [1.165, 1.54) is 0 Å². The number of halogens is 1. The Bertz CT molecular complexity index is 372. The van der Waals surface area contributed by atoms with Gasteiger partial charge in [-0.25, -0.2) is 0 Å². The maximum Gasteiger partial charge on any atom is 0.303 e. The molecule has 0 spiro atoms. The van der Waals surface area contributed by atoms with E-state index in [0.717, 1.165) is 22.6 Å². The summed E-state index contributed by atoms with van der Waals surface area (Å²) in [5.41, 5.74) is 2.25. The molecule has 0 saturated carbocycles. The van der Waals surface area contributed by atoms with Crippen molar-refractivity contribution in [3.05, 3.63) is 34.3 Å². The lowest BCUT2D eigenvalue weighted by Gasteiger charge is -2.09. The van der Waals surface area contributed by atoms with E-state index in [9.17, 15) is 4.79 Å². The van der Waals surface area contributed by atoms with Crippen molar-refractivity contribution in [1.29, 1.82) is 0 Å². The van der Waals surface area contributed by atoms with Gasteiger partial charge in [-0.15, -0.1) is 0 Å². The number of aryl methyl sites for hydroxylation is 1. The SMILES string of the molecule is CC(C)c1ccc(CCCC(=O)O)cc1Cl. The molecular weight excluding hydrogens is 224 g/mol. The van der Waals surface area contributed by atoms with Crippen LogP contribution in [0.5, 0.6) is 0 Å². The van der Waals surface area contributed by atoms with Gasteiger partial charge in [0.2, 0.25) is 0 Å². The summed E-state index contributed by atoms with van der Waals surface area (Å²) < 4.78 is 0. The first-order valence-electron chi connectivity index (χ1n) is 5.51. The van der Waals surface area contributed by atoms with Gasteiger partial charge in [0.25, 0.3) is 0 Å². The van der Waals surface area contributed by atoms with Crippen LogP contribution in [0.2, 0.25) is 5.02 Å². The van der Waals surface area contributed by atoms with Gasteiger partial charge in [0, 0.05) is 11.4 Å². The van der Waals surface area contributed by atoms with Gasteiger partial charge in [0.15, 0.2) is 0 Å². The largest absolute Gasteiger partial charge is 0.481 e. The molecule has 1 N–H and O–H groups in total. The third-order valence-electron chi connectivity index (χ3n) is 2.54. The summed E-state index contributed by atoms with van der Waals surface area (Å²) >= 11 is 6.15. The van der Waals surface area contributed by atoms with Gasteiger partial charge in [0.05, 0.1) is 0 Å². The molecule has 88 valence electrons. The van der Waals surface area contributed by atoms with E-state index in [4.69, 9.17) is 16.7 Å². The van der Waals surface area contributed by atoms with Crippen molar-refractivity contribution in [3.63, 3.8) is 0 Å². The molecule has 0 aliphatic heterocycles. The van der Waals surface area contributed by atoms with Crippen molar-refractivity contribution >= 4 is 17.6 Å². The van der Waals surface area contributed by atoms with Crippen molar-refractivity contribution in [2.45, 2.75) is 39.0 Å². The second kappa shape index (κ2) is 5.90. The van der Waals surface area contributed by atoms with E-state index in [0.29, 0.717) is 12.3 Å². The molecule has 2 nitrogen and oxygen atoms in total. The standard InChI is InChI=1S/C13H17ClO2/c1-9(2)11-7-6-10(8-12(11)14)4-3-5-13(15)16/h6-9H,3-5H2,1-2H3,(H,15,16).